The SMILES string of the molecule is Cc1c(C#N)ccc2c1CN(S(=O)(=O)C(F)(F)F)C[C@@H](C13CCC(C1)C3)N2Cc1cnc[nH]1. The first-order valence-corrected chi connectivity index (χ1v) is 12.3. The van der Waals surface area contributed by atoms with Gasteiger partial charge in [0.15, 0.2) is 0 Å². The first-order valence-electron chi connectivity index (χ1n) is 10.9. The molecule has 0 amide bonds. The Bertz CT molecular complexity index is 1210. The molecule has 4 aliphatic rings. The van der Waals surface area contributed by atoms with Crippen LogP contribution in [0.2, 0.25) is 0 Å². The van der Waals surface area contributed by atoms with E-state index < -0.39 is 28.1 Å². The van der Waals surface area contributed by atoms with Gasteiger partial charge >= 0.3 is 15.5 Å². The summed E-state index contributed by atoms with van der Waals surface area (Å²) in [5.41, 5.74) is -2.90. The smallest absolute Gasteiger partial charge is 0.361 e. The maximum absolute atomic E-state index is 13.7. The molecule has 0 spiro atoms. The van der Waals surface area contributed by atoms with Crippen LogP contribution in [0.1, 0.15) is 48.1 Å². The van der Waals surface area contributed by atoms with Crippen LogP contribution in [0.4, 0.5) is 18.9 Å². The maximum atomic E-state index is 13.7. The zero-order valence-corrected chi connectivity index (χ0v) is 18.9. The lowest BCUT2D eigenvalue weighted by atomic mass is 9.64. The number of rotatable bonds is 4. The van der Waals surface area contributed by atoms with Crippen molar-refractivity contribution in [2.45, 2.75) is 57.2 Å². The van der Waals surface area contributed by atoms with Crippen molar-refractivity contribution in [3.63, 3.8) is 0 Å². The summed E-state index contributed by atoms with van der Waals surface area (Å²) in [7, 11) is -5.56. The molecule has 11 heteroatoms. The van der Waals surface area contributed by atoms with E-state index in [0.717, 1.165) is 31.4 Å². The van der Waals surface area contributed by atoms with E-state index >= 15 is 0 Å². The standard InChI is InChI=1S/C22H24F3N5O2S/c1-14-16(8-26)2-3-19-18(14)11-29(33(31,32)22(23,24)25)12-20(21-5-4-15(6-21)7-21)30(19)10-17-9-27-13-28-17/h2-3,9,13,15,20H,4-7,10-12H2,1H3,(H,27,28)/t15?,20-,21?/m0/s1. The van der Waals surface area contributed by atoms with Crippen molar-refractivity contribution >= 4 is 15.7 Å². The van der Waals surface area contributed by atoms with Crippen LogP contribution >= 0.6 is 0 Å². The van der Waals surface area contributed by atoms with Crippen LogP contribution in [0.25, 0.3) is 0 Å². The van der Waals surface area contributed by atoms with E-state index in [1.165, 1.54) is 0 Å². The minimum atomic E-state index is -5.56. The number of hydrogen-bond donors (Lipinski definition) is 1. The minimum Gasteiger partial charge on any atom is -0.361 e. The number of aromatic nitrogens is 2. The highest BCUT2D eigenvalue weighted by atomic mass is 32.2. The average Bonchev–Trinajstić information content (AvgIpc) is 3.45. The quantitative estimate of drug-likeness (QED) is 0.720. The van der Waals surface area contributed by atoms with E-state index in [1.54, 1.807) is 31.6 Å². The Hall–Kier alpha value is -2.58. The van der Waals surface area contributed by atoms with Gasteiger partial charge in [-0.05, 0) is 67.2 Å². The molecule has 0 saturated heterocycles. The van der Waals surface area contributed by atoms with Crippen molar-refractivity contribution in [3.8, 4) is 6.07 Å². The van der Waals surface area contributed by atoms with Gasteiger partial charge in [0, 0.05) is 31.0 Å². The van der Waals surface area contributed by atoms with Crippen LogP contribution in [-0.2, 0) is 23.1 Å². The van der Waals surface area contributed by atoms with E-state index in [-0.39, 0.29) is 12.0 Å². The van der Waals surface area contributed by atoms with Crippen LogP contribution in [0.15, 0.2) is 24.7 Å². The molecular formula is C22H24F3N5O2S. The van der Waals surface area contributed by atoms with Crippen molar-refractivity contribution in [2.24, 2.45) is 11.3 Å². The monoisotopic (exact) mass is 479 g/mol. The molecule has 2 bridgehead atoms. The molecular weight excluding hydrogens is 455 g/mol. The van der Waals surface area contributed by atoms with E-state index in [1.807, 2.05) is 4.90 Å². The minimum absolute atomic E-state index is 0.229. The molecule has 2 aromatic rings. The lowest BCUT2D eigenvalue weighted by molar-refractivity contribution is -0.0498. The molecule has 176 valence electrons. The highest BCUT2D eigenvalue weighted by molar-refractivity contribution is 7.89. The third-order valence-corrected chi connectivity index (χ3v) is 9.31. The second-order valence-electron chi connectivity index (χ2n) is 9.49. The second kappa shape index (κ2) is 7.46. The van der Waals surface area contributed by atoms with Crippen LogP contribution in [0.3, 0.4) is 0 Å². The largest absolute Gasteiger partial charge is 0.511 e. The Labute approximate surface area is 190 Å². The van der Waals surface area contributed by atoms with E-state index in [9.17, 15) is 26.9 Å². The fourth-order valence-electron chi connectivity index (χ4n) is 6.06. The topological polar surface area (TPSA) is 93.1 Å². The molecule has 1 N–H and O–H groups in total. The summed E-state index contributed by atoms with van der Waals surface area (Å²) in [6.07, 6.45) is 6.87. The highest BCUT2D eigenvalue weighted by Crippen LogP contribution is 2.62. The van der Waals surface area contributed by atoms with Crippen molar-refractivity contribution in [3.05, 3.63) is 47.0 Å². The van der Waals surface area contributed by atoms with Crippen molar-refractivity contribution in [2.75, 3.05) is 11.4 Å². The molecule has 3 fully saturated rings. The summed E-state index contributed by atoms with van der Waals surface area (Å²) in [6.45, 7) is 1.35. The van der Waals surface area contributed by atoms with E-state index in [4.69, 9.17) is 0 Å². The molecule has 0 unspecified atom stereocenters. The fourth-order valence-corrected chi connectivity index (χ4v) is 6.99. The number of nitrogens with one attached hydrogen (secondary N) is 1. The third kappa shape index (κ3) is 3.42. The Morgan fingerprint density at radius 3 is 2.67 bits per heavy atom. The van der Waals surface area contributed by atoms with Gasteiger partial charge in [-0.15, -0.1) is 0 Å². The summed E-state index contributed by atoms with van der Waals surface area (Å²) in [5.74, 6) is 0.553. The third-order valence-electron chi connectivity index (χ3n) is 7.77. The van der Waals surface area contributed by atoms with Crippen LogP contribution in [0, 0.1) is 29.6 Å². The predicted molar refractivity (Wildman–Crippen MR) is 114 cm³/mol. The molecule has 1 atom stereocenters. The molecule has 3 aliphatic carbocycles. The number of imidazole rings is 1. The van der Waals surface area contributed by atoms with Crippen molar-refractivity contribution < 1.29 is 21.6 Å². The molecule has 33 heavy (non-hydrogen) atoms. The Morgan fingerprint density at radius 1 is 1.33 bits per heavy atom. The predicted octanol–water partition coefficient (Wildman–Crippen LogP) is 3.82. The number of hydrogen-bond acceptors (Lipinski definition) is 5. The van der Waals surface area contributed by atoms with Crippen LogP contribution < -0.4 is 4.90 Å². The summed E-state index contributed by atoms with van der Waals surface area (Å²) in [5, 5.41) is 9.50. The maximum Gasteiger partial charge on any atom is 0.511 e. The van der Waals surface area contributed by atoms with Gasteiger partial charge in [-0.25, -0.2) is 13.4 Å². The second-order valence-corrected chi connectivity index (χ2v) is 11.4. The number of sulfonamides is 1. The molecule has 1 aliphatic heterocycles. The van der Waals surface area contributed by atoms with Gasteiger partial charge in [0.25, 0.3) is 0 Å². The van der Waals surface area contributed by atoms with E-state index in [2.05, 4.69) is 16.0 Å². The van der Waals surface area contributed by atoms with Crippen LogP contribution in [-0.4, -0.2) is 40.8 Å². The number of anilines is 1. The van der Waals surface area contributed by atoms with Gasteiger partial charge in [0.1, 0.15) is 0 Å². The van der Waals surface area contributed by atoms with Gasteiger partial charge < -0.3 is 9.88 Å². The number of fused-ring (bicyclic) bond motifs is 2. The summed E-state index contributed by atoms with van der Waals surface area (Å²) in [4.78, 5) is 9.17. The summed E-state index contributed by atoms with van der Waals surface area (Å²) >= 11 is 0. The normalized spacial score (nSPS) is 27.5. The van der Waals surface area contributed by atoms with E-state index in [0.29, 0.717) is 39.1 Å². The van der Waals surface area contributed by atoms with Gasteiger partial charge in [-0.2, -0.15) is 22.7 Å². The van der Waals surface area contributed by atoms with Gasteiger partial charge in [0.2, 0.25) is 0 Å². The first kappa shape index (κ1) is 22.2. The number of benzene rings is 1. The number of aromatic amines is 1. The molecule has 1 aromatic heterocycles. The number of nitrogens with zero attached hydrogens (tertiary/aromatic N) is 4. The zero-order valence-electron chi connectivity index (χ0n) is 18.1. The number of alkyl halides is 3. The molecule has 7 nitrogen and oxygen atoms in total. The van der Waals surface area contributed by atoms with Crippen LogP contribution in [0.5, 0.6) is 0 Å². The average molecular weight is 480 g/mol. The summed E-state index contributed by atoms with van der Waals surface area (Å²) < 4.78 is 66.9. The van der Waals surface area contributed by atoms with Gasteiger partial charge in [0.05, 0.1) is 30.2 Å². The number of halogens is 3. The molecule has 3 saturated carbocycles. The molecule has 0 radical (unpaired) electrons. The lowest BCUT2D eigenvalue weighted by Gasteiger charge is -2.50. The fraction of sp³-hybridized carbons (Fsp3) is 0.545. The number of nitriles is 1. The molecule has 2 heterocycles. The summed E-state index contributed by atoms with van der Waals surface area (Å²) in [6, 6.07) is 5.05. The van der Waals surface area contributed by atoms with Crippen molar-refractivity contribution in [1.29, 1.82) is 5.26 Å². The zero-order chi connectivity index (χ0) is 23.6. The Balaban J connectivity index is 1.69. The Kier molecular flexibility index (Phi) is 5.03. The Morgan fingerprint density at radius 2 is 2.09 bits per heavy atom. The van der Waals surface area contributed by atoms with Crippen molar-refractivity contribution in [1.82, 2.24) is 14.3 Å². The van der Waals surface area contributed by atoms with Gasteiger partial charge in [-0.3, -0.25) is 0 Å². The molecule has 6 rings (SSSR count). The highest BCUT2D eigenvalue weighted by Gasteiger charge is 2.59. The van der Waals surface area contributed by atoms with Gasteiger partial charge in [-0.1, -0.05) is 0 Å². The molecule has 1 aromatic carbocycles. The number of H-pyrrole nitrogens is 1. The lowest BCUT2D eigenvalue weighted by Crippen LogP contribution is -2.56. The first-order chi connectivity index (χ1) is 15.6.